The third-order valence-corrected chi connectivity index (χ3v) is 6.11. The van der Waals surface area contributed by atoms with Gasteiger partial charge in [-0.1, -0.05) is 24.3 Å². The molecule has 0 saturated heterocycles. The minimum atomic E-state index is -3.87. The van der Waals surface area contributed by atoms with E-state index in [9.17, 15) is 17.6 Å². The second-order valence-electron chi connectivity index (χ2n) is 6.10. The summed E-state index contributed by atoms with van der Waals surface area (Å²) in [6, 6.07) is 17.9. The first-order valence-corrected chi connectivity index (χ1v) is 10.1. The Balaban J connectivity index is 1.83. The van der Waals surface area contributed by atoms with Crippen LogP contribution >= 0.6 is 0 Å². The number of hydrogen-bond acceptors (Lipinski definition) is 4. The summed E-state index contributed by atoms with van der Waals surface area (Å²) in [4.78, 5) is 12.3. The maximum atomic E-state index is 13.7. The second-order valence-corrected chi connectivity index (χ2v) is 8.07. The molecule has 0 aliphatic carbocycles. The lowest BCUT2D eigenvalue weighted by Crippen LogP contribution is -2.27. The van der Waals surface area contributed by atoms with Crippen molar-refractivity contribution in [3.63, 3.8) is 0 Å². The highest BCUT2D eigenvalue weighted by Crippen LogP contribution is 2.30. The predicted molar refractivity (Wildman–Crippen MR) is 109 cm³/mol. The molecule has 0 aromatic heterocycles. The van der Waals surface area contributed by atoms with Gasteiger partial charge in [-0.25, -0.2) is 12.8 Å². The molecule has 0 atom stereocenters. The highest BCUT2D eigenvalue weighted by atomic mass is 32.2. The lowest BCUT2D eigenvalue weighted by Gasteiger charge is -2.21. The van der Waals surface area contributed by atoms with Gasteiger partial charge in [-0.15, -0.1) is 0 Å². The molecule has 0 radical (unpaired) electrons. The average molecular weight is 414 g/mol. The first-order chi connectivity index (χ1) is 13.8. The van der Waals surface area contributed by atoms with Crippen molar-refractivity contribution in [3.05, 3.63) is 84.2 Å². The van der Waals surface area contributed by atoms with Crippen LogP contribution in [0.15, 0.2) is 77.7 Å². The van der Waals surface area contributed by atoms with Crippen molar-refractivity contribution in [2.45, 2.75) is 4.90 Å². The summed E-state index contributed by atoms with van der Waals surface area (Å²) in [5, 5.41) is 2.46. The van der Waals surface area contributed by atoms with Crippen LogP contribution in [0.3, 0.4) is 0 Å². The Kier molecular flexibility index (Phi) is 5.84. The fourth-order valence-corrected chi connectivity index (χ4v) is 3.92. The number of rotatable bonds is 6. The van der Waals surface area contributed by atoms with Crippen molar-refractivity contribution in [1.82, 2.24) is 0 Å². The maximum Gasteiger partial charge on any atom is 0.264 e. The highest BCUT2D eigenvalue weighted by Gasteiger charge is 2.24. The smallest absolute Gasteiger partial charge is 0.264 e. The van der Waals surface area contributed by atoms with Crippen LogP contribution in [0.1, 0.15) is 10.4 Å². The lowest BCUT2D eigenvalue weighted by molar-refractivity contribution is 0.102. The van der Waals surface area contributed by atoms with Crippen molar-refractivity contribution in [2.24, 2.45) is 0 Å². The number of carbonyl (C=O) groups is 1. The van der Waals surface area contributed by atoms with Gasteiger partial charge in [0.15, 0.2) is 0 Å². The first kappa shape index (κ1) is 20.3. The molecule has 8 heteroatoms. The number of sulfonamides is 1. The molecular formula is C21H19FN2O4S. The predicted octanol–water partition coefficient (Wildman–Crippen LogP) is 3.91. The quantitative estimate of drug-likeness (QED) is 0.664. The molecule has 0 bridgehead atoms. The number of carbonyl (C=O) groups excluding carboxylic acids is 1. The van der Waals surface area contributed by atoms with E-state index in [1.54, 1.807) is 30.3 Å². The summed E-state index contributed by atoms with van der Waals surface area (Å²) in [6.07, 6.45) is 0. The molecule has 150 valence electrons. The summed E-state index contributed by atoms with van der Waals surface area (Å²) in [5.74, 6) is -0.685. The monoisotopic (exact) mass is 414 g/mol. The van der Waals surface area contributed by atoms with Gasteiger partial charge in [0.2, 0.25) is 0 Å². The molecule has 0 saturated carbocycles. The third kappa shape index (κ3) is 4.22. The molecule has 3 rings (SSSR count). The topological polar surface area (TPSA) is 75.7 Å². The first-order valence-electron chi connectivity index (χ1n) is 8.62. The molecule has 6 nitrogen and oxygen atoms in total. The average Bonchev–Trinajstić information content (AvgIpc) is 2.74. The zero-order chi connectivity index (χ0) is 21.0. The normalized spacial score (nSPS) is 11.0. The van der Waals surface area contributed by atoms with Crippen molar-refractivity contribution < 1.29 is 22.3 Å². The Hall–Kier alpha value is -3.39. The number of halogens is 1. The van der Waals surface area contributed by atoms with E-state index in [4.69, 9.17) is 4.74 Å². The number of amides is 1. The number of methoxy groups -OCH3 is 1. The van der Waals surface area contributed by atoms with Gasteiger partial charge in [-0.2, -0.15) is 0 Å². The number of ether oxygens (including phenoxy) is 1. The summed E-state index contributed by atoms with van der Waals surface area (Å²) >= 11 is 0. The van der Waals surface area contributed by atoms with E-state index in [0.29, 0.717) is 11.4 Å². The van der Waals surface area contributed by atoms with Crippen molar-refractivity contribution >= 4 is 27.3 Å². The number of benzene rings is 3. The standard InChI is InChI=1S/C21H19FN2O4S/c1-24(19-9-5-6-10-20(19)28-2)29(26,27)16-13-11-15(12-14-16)21(25)23-18-8-4-3-7-17(18)22/h3-14H,1-2H3,(H,23,25). The molecule has 0 aliphatic rings. The SMILES string of the molecule is COc1ccccc1N(C)S(=O)(=O)c1ccc(C(=O)Nc2ccccc2F)cc1. The Bertz CT molecular complexity index is 1130. The largest absolute Gasteiger partial charge is 0.495 e. The Morgan fingerprint density at radius 2 is 1.59 bits per heavy atom. The summed E-state index contributed by atoms with van der Waals surface area (Å²) in [6.45, 7) is 0. The number of para-hydroxylation sites is 3. The van der Waals surface area contributed by atoms with E-state index >= 15 is 0 Å². The minimum Gasteiger partial charge on any atom is -0.495 e. The van der Waals surface area contributed by atoms with E-state index in [1.165, 1.54) is 56.6 Å². The molecule has 1 amide bonds. The molecule has 3 aromatic rings. The van der Waals surface area contributed by atoms with E-state index in [1.807, 2.05) is 0 Å². The molecule has 29 heavy (non-hydrogen) atoms. The zero-order valence-corrected chi connectivity index (χ0v) is 16.6. The number of nitrogens with one attached hydrogen (secondary N) is 1. The van der Waals surface area contributed by atoms with E-state index < -0.39 is 21.7 Å². The molecule has 0 heterocycles. The Labute approximate surface area is 168 Å². The Morgan fingerprint density at radius 3 is 2.24 bits per heavy atom. The van der Waals surface area contributed by atoms with Gasteiger partial charge in [0.25, 0.3) is 15.9 Å². The van der Waals surface area contributed by atoms with Crippen LogP contribution in [-0.2, 0) is 10.0 Å². The Morgan fingerprint density at radius 1 is 0.966 bits per heavy atom. The molecule has 0 unspecified atom stereocenters. The fourth-order valence-electron chi connectivity index (χ4n) is 2.71. The van der Waals surface area contributed by atoms with Crippen LogP contribution in [0.5, 0.6) is 5.75 Å². The van der Waals surface area contributed by atoms with Crippen molar-refractivity contribution in [2.75, 3.05) is 23.8 Å². The van der Waals surface area contributed by atoms with Gasteiger partial charge >= 0.3 is 0 Å². The van der Waals surface area contributed by atoms with Crippen LogP contribution in [0.25, 0.3) is 0 Å². The van der Waals surface area contributed by atoms with Crippen molar-refractivity contribution in [1.29, 1.82) is 0 Å². The van der Waals surface area contributed by atoms with Crippen LogP contribution in [-0.4, -0.2) is 28.5 Å². The number of nitrogens with zero attached hydrogens (tertiary/aromatic N) is 1. The molecule has 1 N–H and O–H groups in total. The molecule has 0 spiro atoms. The van der Waals surface area contributed by atoms with Gasteiger partial charge in [0.1, 0.15) is 11.6 Å². The highest BCUT2D eigenvalue weighted by molar-refractivity contribution is 7.92. The van der Waals surface area contributed by atoms with Gasteiger partial charge in [-0.05, 0) is 48.5 Å². The minimum absolute atomic E-state index is 0.00773. The summed E-state index contributed by atoms with van der Waals surface area (Å²) < 4.78 is 45.9. The van der Waals surface area contributed by atoms with Crippen LogP contribution in [0, 0.1) is 5.82 Å². The van der Waals surface area contributed by atoms with Crippen LogP contribution in [0.4, 0.5) is 15.8 Å². The van der Waals surface area contributed by atoms with Crippen molar-refractivity contribution in [3.8, 4) is 5.75 Å². The third-order valence-electron chi connectivity index (χ3n) is 4.32. The van der Waals surface area contributed by atoms with Gasteiger partial charge in [0, 0.05) is 12.6 Å². The lowest BCUT2D eigenvalue weighted by atomic mass is 10.2. The van der Waals surface area contributed by atoms with Crippen LogP contribution in [0.2, 0.25) is 0 Å². The molecule has 3 aromatic carbocycles. The van der Waals surface area contributed by atoms with E-state index in [-0.39, 0.29) is 16.1 Å². The number of anilines is 2. The molecular weight excluding hydrogens is 395 g/mol. The summed E-state index contributed by atoms with van der Waals surface area (Å²) in [5.41, 5.74) is 0.633. The van der Waals surface area contributed by atoms with Gasteiger partial charge in [0.05, 0.1) is 23.4 Å². The maximum absolute atomic E-state index is 13.7. The zero-order valence-electron chi connectivity index (χ0n) is 15.8. The van der Waals surface area contributed by atoms with E-state index in [2.05, 4.69) is 5.32 Å². The molecule has 0 fully saturated rings. The van der Waals surface area contributed by atoms with Gasteiger partial charge in [-0.3, -0.25) is 9.10 Å². The number of hydrogen-bond donors (Lipinski definition) is 1. The van der Waals surface area contributed by atoms with E-state index in [0.717, 1.165) is 4.31 Å². The summed E-state index contributed by atoms with van der Waals surface area (Å²) in [7, 11) is -0.988. The van der Waals surface area contributed by atoms with Crippen LogP contribution < -0.4 is 14.4 Å². The fraction of sp³-hybridized carbons (Fsp3) is 0.0952. The second kappa shape index (κ2) is 8.32. The van der Waals surface area contributed by atoms with Gasteiger partial charge < -0.3 is 10.1 Å². The molecule has 0 aliphatic heterocycles.